The summed E-state index contributed by atoms with van der Waals surface area (Å²) in [5.41, 5.74) is 0. The van der Waals surface area contributed by atoms with Gasteiger partial charge in [0.25, 0.3) is 0 Å². The number of hydrogen-bond donors (Lipinski definition) is 2. The van der Waals surface area contributed by atoms with Crippen LogP contribution < -0.4 is 0 Å². The number of aromatic amines is 1. The zero-order chi connectivity index (χ0) is 10.7. The van der Waals surface area contributed by atoms with Gasteiger partial charge in [0.1, 0.15) is 5.82 Å². The van der Waals surface area contributed by atoms with E-state index in [2.05, 4.69) is 16.9 Å². The summed E-state index contributed by atoms with van der Waals surface area (Å²) in [7, 11) is 0. The highest BCUT2D eigenvalue weighted by atomic mass is 16.5. The van der Waals surface area contributed by atoms with Crippen LogP contribution in [0.1, 0.15) is 25.6 Å². The van der Waals surface area contributed by atoms with Crippen molar-refractivity contribution >= 4 is 0 Å². The molecule has 0 amide bonds. The van der Waals surface area contributed by atoms with Gasteiger partial charge in [-0.05, 0) is 12.8 Å². The molecule has 0 spiro atoms. The first-order valence-electron chi connectivity index (χ1n) is 5.59. The van der Waals surface area contributed by atoms with Crippen molar-refractivity contribution in [2.75, 3.05) is 6.61 Å². The molecule has 0 aromatic carbocycles. The highest BCUT2D eigenvalue weighted by molar-refractivity contribution is 4.93. The monoisotopic (exact) mass is 210 g/mol. The summed E-state index contributed by atoms with van der Waals surface area (Å²) in [6.07, 6.45) is 5.89. The van der Waals surface area contributed by atoms with E-state index in [0.717, 1.165) is 25.3 Å². The summed E-state index contributed by atoms with van der Waals surface area (Å²) in [6, 6.07) is 0. The van der Waals surface area contributed by atoms with Crippen LogP contribution in [0.25, 0.3) is 0 Å². The Hall–Kier alpha value is -0.870. The lowest BCUT2D eigenvalue weighted by atomic mass is 9.91. The average molecular weight is 210 g/mol. The van der Waals surface area contributed by atoms with E-state index in [1.54, 1.807) is 12.4 Å². The third-order valence-electron chi connectivity index (χ3n) is 3.11. The molecular formula is C11H18N2O2. The Kier molecular flexibility index (Phi) is 3.38. The molecule has 1 fully saturated rings. The van der Waals surface area contributed by atoms with Gasteiger partial charge in [-0.2, -0.15) is 0 Å². The SMILES string of the molecule is CCC1OCCC1C(O)Cc1ncc[nH]1. The van der Waals surface area contributed by atoms with E-state index in [-0.39, 0.29) is 18.1 Å². The largest absolute Gasteiger partial charge is 0.392 e. The highest BCUT2D eigenvalue weighted by Gasteiger charge is 2.32. The lowest BCUT2D eigenvalue weighted by Gasteiger charge is -2.21. The summed E-state index contributed by atoms with van der Waals surface area (Å²) in [6.45, 7) is 2.88. The Morgan fingerprint density at radius 3 is 3.27 bits per heavy atom. The predicted molar refractivity (Wildman–Crippen MR) is 56.4 cm³/mol. The van der Waals surface area contributed by atoms with Gasteiger partial charge in [-0.15, -0.1) is 0 Å². The van der Waals surface area contributed by atoms with E-state index < -0.39 is 0 Å². The summed E-state index contributed by atoms with van der Waals surface area (Å²) in [4.78, 5) is 7.13. The van der Waals surface area contributed by atoms with Gasteiger partial charge in [0.05, 0.1) is 12.2 Å². The molecule has 4 nitrogen and oxygen atoms in total. The summed E-state index contributed by atoms with van der Waals surface area (Å²) in [5, 5.41) is 10.1. The van der Waals surface area contributed by atoms with Crippen LogP contribution in [0.3, 0.4) is 0 Å². The molecular weight excluding hydrogens is 192 g/mol. The molecule has 2 rings (SSSR count). The van der Waals surface area contributed by atoms with Gasteiger partial charge in [-0.25, -0.2) is 4.98 Å². The van der Waals surface area contributed by atoms with Crippen LogP contribution in [0.2, 0.25) is 0 Å². The number of H-pyrrole nitrogens is 1. The molecule has 15 heavy (non-hydrogen) atoms. The molecule has 1 aliphatic rings. The molecule has 4 heteroatoms. The van der Waals surface area contributed by atoms with Crippen molar-refractivity contribution in [3.05, 3.63) is 18.2 Å². The molecule has 1 aromatic heterocycles. The Morgan fingerprint density at radius 1 is 1.73 bits per heavy atom. The van der Waals surface area contributed by atoms with Crippen LogP contribution in [-0.2, 0) is 11.2 Å². The van der Waals surface area contributed by atoms with Gasteiger partial charge in [-0.3, -0.25) is 0 Å². The molecule has 2 heterocycles. The van der Waals surface area contributed by atoms with E-state index in [1.807, 2.05) is 0 Å². The number of hydrogen-bond acceptors (Lipinski definition) is 3. The highest BCUT2D eigenvalue weighted by Crippen LogP contribution is 2.27. The molecule has 0 bridgehead atoms. The Bertz CT molecular complexity index is 287. The van der Waals surface area contributed by atoms with Crippen molar-refractivity contribution in [1.29, 1.82) is 0 Å². The second kappa shape index (κ2) is 4.77. The first-order chi connectivity index (χ1) is 7.31. The smallest absolute Gasteiger partial charge is 0.108 e. The van der Waals surface area contributed by atoms with Crippen molar-refractivity contribution in [3.63, 3.8) is 0 Å². The minimum absolute atomic E-state index is 0.218. The first kappa shape index (κ1) is 10.6. The maximum atomic E-state index is 10.1. The van der Waals surface area contributed by atoms with Crippen molar-refractivity contribution < 1.29 is 9.84 Å². The minimum Gasteiger partial charge on any atom is -0.392 e. The van der Waals surface area contributed by atoms with Gasteiger partial charge in [0.15, 0.2) is 0 Å². The standard InChI is InChI=1S/C11H18N2O2/c1-2-10-8(3-6-15-10)9(14)7-11-12-4-5-13-11/h4-5,8-10,14H,2-3,6-7H2,1H3,(H,12,13). The molecule has 84 valence electrons. The van der Waals surface area contributed by atoms with Gasteiger partial charge in [0, 0.05) is 31.3 Å². The van der Waals surface area contributed by atoms with Crippen LogP contribution in [0.4, 0.5) is 0 Å². The molecule has 3 unspecified atom stereocenters. The van der Waals surface area contributed by atoms with Gasteiger partial charge in [0.2, 0.25) is 0 Å². The average Bonchev–Trinajstić information content (AvgIpc) is 2.86. The maximum absolute atomic E-state index is 10.1. The van der Waals surface area contributed by atoms with Crippen molar-refractivity contribution in [1.82, 2.24) is 9.97 Å². The number of aromatic nitrogens is 2. The topological polar surface area (TPSA) is 58.1 Å². The zero-order valence-electron chi connectivity index (χ0n) is 9.02. The van der Waals surface area contributed by atoms with Crippen LogP contribution in [0.5, 0.6) is 0 Å². The third-order valence-corrected chi connectivity index (χ3v) is 3.11. The lowest BCUT2D eigenvalue weighted by molar-refractivity contribution is 0.0310. The van der Waals surface area contributed by atoms with Crippen LogP contribution in [-0.4, -0.2) is 33.9 Å². The lowest BCUT2D eigenvalue weighted by Crippen LogP contribution is -2.29. The Morgan fingerprint density at radius 2 is 2.60 bits per heavy atom. The normalized spacial score (nSPS) is 28.1. The van der Waals surface area contributed by atoms with Gasteiger partial charge >= 0.3 is 0 Å². The van der Waals surface area contributed by atoms with E-state index in [4.69, 9.17) is 4.74 Å². The quantitative estimate of drug-likeness (QED) is 0.783. The number of nitrogens with one attached hydrogen (secondary N) is 1. The number of rotatable bonds is 4. The van der Waals surface area contributed by atoms with E-state index in [0.29, 0.717) is 6.42 Å². The van der Waals surface area contributed by atoms with Gasteiger partial charge in [-0.1, -0.05) is 6.92 Å². The molecule has 1 saturated heterocycles. The molecule has 2 N–H and O–H groups in total. The number of aliphatic hydroxyl groups is 1. The third kappa shape index (κ3) is 2.38. The molecule has 0 saturated carbocycles. The van der Waals surface area contributed by atoms with Crippen molar-refractivity contribution in [3.8, 4) is 0 Å². The second-order valence-corrected chi connectivity index (χ2v) is 4.08. The van der Waals surface area contributed by atoms with Crippen molar-refractivity contribution in [2.24, 2.45) is 5.92 Å². The maximum Gasteiger partial charge on any atom is 0.108 e. The number of imidazole rings is 1. The number of aliphatic hydroxyl groups excluding tert-OH is 1. The first-order valence-corrected chi connectivity index (χ1v) is 5.59. The van der Waals surface area contributed by atoms with Crippen LogP contribution in [0.15, 0.2) is 12.4 Å². The molecule has 3 atom stereocenters. The Labute approximate surface area is 89.7 Å². The molecule has 1 aromatic rings. The molecule has 0 radical (unpaired) electrons. The summed E-state index contributed by atoms with van der Waals surface area (Å²) < 4.78 is 5.56. The van der Waals surface area contributed by atoms with Crippen molar-refractivity contribution in [2.45, 2.75) is 38.4 Å². The predicted octanol–water partition coefficient (Wildman–Crippen LogP) is 1.13. The number of nitrogens with zero attached hydrogens (tertiary/aromatic N) is 1. The van der Waals surface area contributed by atoms with E-state index in [9.17, 15) is 5.11 Å². The van der Waals surface area contributed by atoms with E-state index in [1.165, 1.54) is 0 Å². The second-order valence-electron chi connectivity index (χ2n) is 4.08. The van der Waals surface area contributed by atoms with Gasteiger partial charge < -0.3 is 14.8 Å². The summed E-state index contributed by atoms with van der Waals surface area (Å²) >= 11 is 0. The fourth-order valence-electron chi connectivity index (χ4n) is 2.28. The van der Waals surface area contributed by atoms with Crippen LogP contribution >= 0.6 is 0 Å². The van der Waals surface area contributed by atoms with E-state index >= 15 is 0 Å². The molecule has 0 aliphatic carbocycles. The zero-order valence-corrected chi connectivity index (χ0v) is 9.02. The minimum atomic E-state index is -0.344. The Balaban J connectivity index is 1.92. The fourth-order valence-corrected chi connectivity index (χ4v) is 2.28. The number of ether oxygens (including phenoxy) is 1. The fraction of sp³-hybridized carbons (Fsp3) is 0.727. The molecule has 1 aliphatic heterocycles. The summed E-state index contributed by atoms with van der Waals surface area (Å²) in [5.74, 6) is 1.12. The van der Waals surface area contributed by atoms with Crippen LogP contribution in [0, 0.1) is 5.92 Å².